The molecule has 174 valence electrons. The van der Waals surface area contributed by atoms with Crippen molar-refractivity contribution >= 4 is 27.3 Å². The van der Waals surface area contributed by atoms with Crippen molar-refractivity contribution in [3.8, 4) is 5.75 Å². The molecule has 0 saturated carbocycles. The van der Waals surface area contributed by atoms with Gasteiger partial charge in [-0.15, -0.1) is 0 Å². The van der Waals surface area contributed by atoms with Gasteiger partial charge in [-0.2, -0.15) is 0 Å². The summed E-state index contributed by atoms with van der Waals surface area (Å²) in [7, 11) is -3.75. The highest BCUT2D eigenvalue weighted by atomic mass is 32.2. The zero-order chi connectivity index (χ0) is 24.0. The summed E-state index contributed by atoms with van der Waals surface area (Å²) in [5, 5.41) is 2.74. The second-order valence-corrected chi connectivity index (χ2v) is 9.76. The van der Waals surface area contributed by atoms with E-state index in [-0.39, 0.29) is 17.4 Å². The van der Waals surface area contributed by atoms with Gasteiger partial charge in [0.1, 0.15) is 5.75 Å². The van der Waals surface area contributed by atoms with E-state index in [1.54, 1.807) is 12.1 Å². The summed E-state index contributed by atoms with van der Waals surface area (Å²) in [4.78, 5) is 12.5. The topological polar surface area (TPSA) is 84.5 Å². The maximum Gasteiger partial charge on any atom is 0.262 e. The molecule has 0 fully saturated rings. The van der Waals surface area contributed by atoms with E-state index in [4.69, 9.17) is 4.74 Å². The van der Waals surface area contributed by atoms with Crippen LogP contribution in [0.5, 0.6) is 5.75 Å². The van der Waals surface area contributed by atoms with Crippen LogP contribution in [0.3, 0.4) is 0 Å². The average Bonchev–Trinajstić information content (AvgIpc) is 2.80. The average molecular weight is 467 g/mol. The molecule has 7 heteroatoms. The molecule has 2 N–H and O–H groups in total. The Bertz CT molecular complexity index is 1200. The van der Waals surface area contributed by atoms with Crippen molar-refractivity contribution < 1.29 is 17.9 Å². The van der Waals surface area contributed by atoms with Crippen molar-refractivity contribution in [3.05, 3.63) is 83.4 Å². The van der Waals surface area contributed by atoms with Crippen LogP contribution in [0.15, 0.2) is 71.6 Å². The molecule has 1 unspecified atom stereocenters. The number of aryl methyl sites for hydroxylation is 2. The van der Waals surface area contributed by atoms with Crippen LogP contribution in [0, 0.1) is 13.8 Å². The van der Waals surface area contributed by atoms with E-state index >= 15 is 0 Å². The molecule has 0 aromatic heterocycles. The molecule has 1 amide bonds. The molecule has 6 nitrogen and oxygen atoms in total. The van der Waals surface area contributed by atoms with Gasteiger partial charge in [0.2, 0.25) is 0 Å². The van der Waals surface area contributed by atoms with Gasteiger partial charge in [-0.25, -0.2) is 8.42 Å². The van der Waals surface area contributed by atoms with E-state index in [2.05, 4.69) is 23.9 Å². The zero-order valence-electron chi connectivity index (χ0n) is 19.4. The Morgan fingerprint density at radius 1 is 0.939 bits per heavy atom. The molecule has 0 heterocycles. The Labute approximate surface area is 196 Å². The van der Waals surface area contributed by atoms with Gasteiger partial charge >= 0.3 is 0 Å². The van der Waals surface area contributed by atoms with E-state index in [0.717, 1.165) is 23.1 Å². The smallest absolute Gasteiger partial charge is 0.262 e. The first-order valence-electron chi connectivity index (χ1n) is 10.9. The lowest BCUT2D eigenvalue weighted by Gasteiger charge is -2.15. The van der Waals surface area contributed by atoms with Crippen LogP contribution in [0.2, 0.25) is 0 Å². The van der Waals surface area contributed by atoms with Gasteiger partial charge in [-0.3, -0.25) is 9.52 Å². The molecular weight excluding hydrogens is 436 g/mol. The predicted octanol–water partition coefficient (Wildman–Crippen LogP) is 5.64. The number of carbonyl (C=O) groups is 1. The van der Waals surface area contributed by atoms with Gasteiger partial charge < -0.3 is 10.1 Å². The fourth-order valence-electron chi connectivity index (χ4n) is 3.47. The number of para-hydroxylation sites is 2. The molecule has 0 aliphatic rings. The highest BCUT2D eigenvalue weighted by molar-refractivity contribution is 7.92. The fourth-order valence-corrected chi connectivity index (χ4v) is 4.67. The minimum absolute atomic E-state index is 0.113. The first kappa shape index (κ1) is 24.3. The summed E-state index contributed by atoms with van der Waals surface area (Å²) in [6.45, 7) is 7.80. The monoisotopic (exact) mass is 466 g/mol. The lowest BCUT2D eigenvalue weighted by atomic mass is 9.98. The zero-order valence-corrected chi connectivity index (χ0v) is 20.2. The van der Waals surface area contributed by atoms with Gasteiger partial charge in [-0.1, -0.05) is 50.2 Å². The van der Waals surface area contributed by atoms with Crippen LogP contribution in [0.25, 0.3) is 0 Å². The van der Waals surface area contributed by atoms with E-state index in [1.165, 1.54) is 12.1 Å². The fraction of sp³-hybridized carbons (Fsp3) is 0.269. The molecule has 3 aromatic carbocycles. The third-order valence-corrected chi connectivity index (χ3v) is 6.95. The number of anilines is 2. The Morgan fingerprint density at radius 3 is 2.21 bits per heavy atom. The number of rotatable bonds is 9. The molecule has 0 spiro atoms. The third kappa shape index (κ3) is 6.14. The maximum absolute atomic E-state index is 12.8. The minimum atomic E-state index is -3.75. The lowest BCUT2D eigenvalue weighted by Crippen LogP contribution is -2.21. The molecule has 0 aliphatic heterocycles. The number of hydrogen-bond donors (Lipinski definition) is 2. The summed E-state index contributed by atoms with van der Waals surface area (Å²) in [5.74, 6) is 0.704. The number of sulfonamides is 1. The summed E-state index contributed by atoms with van der Waals surface area (Å²) in [6, 6.07) is 19.3. The van der Waals surface area contributed by atoms with Crippen molar-refractivity contribution in [2.24, 2.45) is 0 Å². The Kier molecular flexibility index (Phi) is 7.76. The quantitative estimate of drug-likeness (QED) is 0.428. The summed E-state index contributed by atoms with van der Waals surface area (Å²) in [5.41, 5.74) is 3.82. The largest absolute Gasteiger partial charge is 0.483 e. The first-order chi connectivity index (χ1) is 15.7. The molecule has 3 rings (SSSR count). The molecule has 0 radical (unpaired) electrons. The summed E-state index contributed by atoms with van der Waals surface area (Å²) < 4.78 is 34.0. The number of nitrogens with one attached hydrogen (secondary N) is 2. The van der Waals surface area contributed by atoms with Crippen LogP contribution in [-0.2, 0) is 14.8 Å². The van der Waals surface area contributed by atoms with E-state index < -0.39 is 10.0 Å². The van der Waals surface area contributed by atoms with Crippen LogP contribution in [0.4, 0.5) is 11.4 Å². The number of hydrogen-bond acceptors (Lipinski definition) is 4. The summed E-state index contributed by atoms with van der Waals surface area (Å²) in [6.07, 6.45) is 0.972. The SMILES string of the molecule is CCC(C)c1ccccc1OCC(=O)Nc1ccc(S(=O)(=O)Nc2c(C)cccc2C)cc1. The molecule has 33 heavy (non-hydrogen) atoms. The number of amides is 1. The lowest BCUT2D eigenvalue weighted by molar-refractivity contribution is -0.118. The second kappa shape index (κ2) is 10.5. The standard InChI is InChI=1S/C26H30N2O4S/c1-5-18(2)23-11-6-7-12-24(23)32-17-25(29)27-21-13-15-22(16-14-21)33(30,31)28-26-19(3)9-8-10-20(26)4/h6-16,18,28H,5,17H2,1-4H3,(H,27,29). The number of ether oxygens (including phenoxy) is 1. The predicted molar refractivity (Wildman–Crippen MR) is 132 cm³/mol. The molecule has 0 aliphatic carbocycles. The van der Waals surface area contributed by atoms with Crippen molar-refractivity contribution in [3.63, 3.8) is 0 Å². The molecule has 0 saturated heterocycles. The third-order valence-electron chi connectivity index (χ3n) is 5.59. The van der Waals surface area contributed by atoms with Gasteiger partial charge in [0.25, 0.3) is 15.9 Å². The first-order valence-corrected chi connectivity index (χ1v) is 12.4. The van der Waals surface area contributed by atoms with Crippen molar-refractivity contribution in [1.29, 1.82) is 0 Å². The van der Waals surface area contributed by atoms with E-state index in [9.17, 15) is 13.2 Å². The Morgan fingerprint density at radius 2 is 1.58 bits per heavy atom. The molecule has 0 bridgehead atoms. The van der Waals surface area contributed by atoms with Gasteiger partial charge in [0.15, 0.2) is 6.61 Å². The van der Waals surface area contributed by atoms with Crippen LogP contribution in [-0.4, -0.2) is 20.9 Å². The second-order valence-electron chi connectivity index (χ2n) is 8.08. The molecular formula is C26H30N2O4S. The maximum atomic E-state index is 12.8. The van der Waals surface area contributed by atoms with E-state index in [0.29, 0.717) is 23.0 Å². The van der Waals surface area contributed by atoms with Crippen LogP contribution < -0.4 is 14.8 Å². The molecule has 1 atom stereocenters. The Balaban J connectivity index is 1.63. The number of benzene rings is 3. The van der Waals surface area contributed by atoms with E-state index in [1.807, 2.05) is 56.3 Å². The highest BCUT2D eigenvalue weighted by Gasteiger charge is 2.17. The Hall–Kier alpha value is -3.32. The van der Waals surface area contributed by atoms with Gasteiger partial charge in [0, 0.05) is 5.69 Å². The van der Waals surface area contributed by atoms with Crippen molar-refractivity contribution in [2.45, 2.75) is 44.9 Å². The highest BCUT2D eigenvalue weighted by Crippen LogP contribution is 2.28. The molecule has 3 aromatic rings. The van der Waals surface area contributed by atoms with Gasteiger partial charge in [-0.05, 0) is 73.2 Å². The van der Waals surface area contributed by atoms with Gasteiger partial charge in [0.05, 0.1) is 10.6 Å². The van der Waals surface area contributed by atoms with Crippen molar-refractivity contribution in [2.75, 3.05) is 16.6 Å². The van der Waals surface area contributed by atoms with Crippen LogP contribution >= 0.6 is 0 Å². The summed E-state index contributed by atoms with van der Waals surface area (Å²) >= 11 is 0. The van der Waals surface area contributed by atoms with Crippen molar-refractivity contribution in [1.82, 2.24) is 0 Å². The minimum Gasteiger partial charge on any atom is -0.483 e. The normalized spacial score (nSPS) is 12.1. The van der Waals surface area contributed by atoms with Crippen LogP contribution in [0.1, 0.15) is 42.9 Å². The number of carbonyl (C=O) groups excluding carboxylic acids is 1.